The molecule has 0 radical (unpaired) electrons. The van der Waals surface area contributed by atoms with E-state index in [1.54, 1.807) is 6.07 Å². The highest BCUT2D eigenvalue weighted by Crippen LogP contribution is 2.24. The third-order valence-electron chi connectivity index (χ3n) is 3.72. The molecule has 0 saturated carbocycles. The van der Waals surface area contributed by atoms with Crippen molar-refractivity contribution in [2.24, 2.45) is 5.73 Å². The van der Waals surface area contributed by atoms with Crippen LogP contribution in [0.2, 0.25) is 0 Å². The van der Waals surface area contributed by atoms with Crippen LogP contribution in [0.25, 0.3) is 10.9 Å². The van der Waals surface area contributed by atoms with Gasteiger partial charge < -0.3 is 10.5 Å². The number of rotatable bonds is 4. The van der Waals surface area contributed by atoms with Crippen LogP contribution in [0.15, 0.2) is 48.5 Å². The van der Waals surface area contributed by atoms with Crippen molar-refractivity contribution in [3.8, 4) is 5.75 Å². The zero-order valence-corrected chi connectivity index (χ0v) is 13.2. The number of primary amides is 1. The van der Waals surface area contributed by atoms with Crippen molar-refractivity contribution in [3.63, 3.8) is 0 Å². The zero-order chi connectivity index (χ0) is 16.4. The molecule has 0 spiro atoms. The maximum atomic E-state index is 11.5. The van der Waals surface area contributed by atoms with Crippen LogP contribution in [0, 0.1) is 13.8 Å². The van der Waals surface area contributed by atoms with Gasteiger partial charge in [-0.05, 0) is 43.7 Å². The number of hydrogen-bond acceptors (Lipinski definition) is 3. The average Bonchev–Trinajstić information content (AvgIpc) is 2.52. The number of aromatic nitrogens is 1. The molecule has 3 aromatic rings. The molecule has 0 bridgehead atoms. The van der Waals surface area contributed by atoms with Gasteiger partial charge in [-0.3, -0.25) is 9.78 Å². The Kier molecular flexibility index (Phi) is 3.98. The van der Waals surface area contributed by atoms with Crippen molar-refractivity contribution < 1.29 is 9.53 Å². The van der Waals surface area contributed by atoms with E-state index in [0.717, 1.165) is 27.7 Å². The lowest BCUT2D eigenvalue weighted by Gasteiger charge is -2.12. The number of carbonyl (C=O) groups excluding carboxylic acids is 1. The first kappa shape index (κ1) is 15.0. The summed E-state index contributed by atoms with van der Waals surface area (Å²) in [4.78, 5) is 16.1. The molecule has 1 heterocycles. The minimum atomic E-state index is -0.490. The third kappa shape index (κ3) is 3.16. The van der Waals surface area contributed by atoms with E-state index >= 15 is 0 Å². The summed E-state index contributed by atoms with van der Waals surface area (Å²) in [5, 5.41) is 1.05. The van der Waals surface area contributed by atoms with Gasteiger partial charge in [-0.1, -0.05) is 24.3 Å². The van der Waals surface area contributed by atoms with Crippen molar-refractivity contribution in [3.05, 3.63) is 70.9 Å². The Morgan fingerprint density at radius 3 is 2.70 bits per heavy atom. The highest BCUT2D eigenvalue weighted by molar-refractivity contribution is 5.95. The predicted octanol–water partition coefficient (Wildman–Crippen LogP) is 3.53. The van der Waals surface area contributed by atoms with Gasteiger partial charge in [-0.2, -0.15) is 0 Å². The lowest BCUT2D eigenvalue weighted by atomic mass is 10.1. The van der Waals surface area contributed by atoms with Crippen LogP contribution < -0.4 is 10.5 Å². The maximum absolute atomic E-state index is 11.5. The lowest BCUT2D eigenvalue weighted by Crippen LogP contribution is -2.13. The van der Waals surface area contributed by atoms with E-state index in [2.05, 4.69) is 4.98 Å². The summed E-state index contributed by atoms with van der Waals surface area (Å²) in [5.41, 5.74) is 9.73. The second-order valence-corrected chi connectivity index (χ2v) is 5.59. The highest BCUT2D eigenvalue weighted by Gasteiger charge is 2.11. The molecule has 116 valence electrons. The Hall–Kier alpha value is -2.88. The number of ether oxygens (including phenoxy) is 1. The molecule has 2 aromatic carbocycles. The van der Waals surface area contributed by atoms with E-state index in [9.17, 15) is 4.79 Å². The Labute approximate surface area is 134 Å². The summed E-state index contributed by atoms with van der Waals surface area (Å²) < 4.78 is 5.90. The van der Waals surface area contributed by atoms with Crippen LogP contribution in [0.4, 0.5) is 0 Å². The van der Waals surface area contributed by atoms with Gasteiger partial charge >= 0.3 is 0 Å². The number of fused-ring (bicyclic) bond motifs is 1. The standard InChI is InChI=1S/C19H18N2O2/c1-12-7-8-16(19(20)22)18(9-12)23-11-14-10-13(2)21-17-6-4-3-5-15(14)17/h3-10H,11H2,1-2H3,(H2,20,22). The first-order valence-corrected chi connectivity index (χ1v) is 7.43. The van der Waals surface area contributed by atoms with Gasteiger partial charge in [0.25, 0.3) is 5.91 Å². The van der Waals surface area contributed by atoms with Crippen molar-refractivity contribution >= 4 is 16.8 Å². The number of pyridine rings is 1. The molecule has 0 fully saturated rings. The van der Waals surface area contributed by atoms with E-state index in [-0.39, 0.29) is 0 Å². The minimum Gasteiger partial charge on any atom is -0.488 e. The monoisotopic (exact) mass is 306 g/mol. The Morgan fingerprint density at radius 2 is 1.91 bits per heavy atom. The van der Waals surface area contributed by atoms with E-state index < -0.39 is 5.91 Å². The van der Waals surface area contributed by atoms with Crippen LogP contribution in [-0.4, -0.2) is 10.9 Å². The Bertz CT molecular complexity index is 888. The van der Waals surface area contributed by atoms with E-state index in [1.807, 2.05) is 56.3 Å². The highest BCUT2D eigenvalue weighted by atomic mass is 16.5. The number of hydrogen-bond donors (Lipinski definition) is 1. The summed E-state index contributed by atoms with van der Waals surface area (Å²) >= 11 is 0. The molecule has 0 aliphatic heterocycles. The van der Waals surface area contributed by atoms with Gasteiger partial charge in [0.2, 0.25) is 0 Å². The fraction of sp³-hybridized carbons (Fsp3) is 0.158. The summed E-state index contributed by atoms with van der Waals surface area (Å²) in [7, 11) is 0. The van der Waals surface area contributed by atoms with Crippen LogP contribution in [0.5, 0.6) is 5.75 Å². The van der Waals surface area contributed by atoms with Crippen molar-refractivity contribution in [2.75, 3.05) is 0 Å². The number of aryl methyl sites for hydroxylation is 2. The van der Waals surface area contributed by atoms with Crippen LogP contribution in [0.3, 0.4) is 0 Å². The molecule has 3 rings (SSSR count). The fourth-order valence-corrected chi connectivity index (χ4v) is 2.62. The molecule has 0 aliphatic rings. The predicted molar refractivity (Wildman–Crippen MR) is 90.5 cm³/mol. The molecule has 4 heteroatoms. The number of amides is 1. The summed E-state index contributed by atoms with van der Waals surface area (Å²) in [6.45, 7) is 4.26. The van der Waals surface area contributed by atoms with Crippen LogP contribution >= 0.6 is 0 Å². The molecule has 0 aliphatic carbocycles. The molecular weight excluding hydrogens is 288 g/mol. The Balaban J connectivity index is 1.95. The Morgan fingerprint density at radius 1 is 1.13 bits per heavy atom. The molecule has 2 N–H and O–H groups in total. The third-order valence-corrected chi connectivity index (χ3v) is 3.72. The topological polar surface area (TPSA) is 65.2 Å². The van der Waals surface area contributed by atoms with Gasteiger partial charge in [0.05, 0.1) is 11.1 Å². The average molecular weight is 306 g/mol. The van der Waals surface area contributed by atoms with Crippen molar-refractivity contribution in [1.82, 2.24) is 4.98 Å². The van der Waals surface area contributed by atoms with Crippen molar-refractivity contribution in [2.45, 2.75) is 20.5 Å². The van der Waals surface area contributed by atoms with E-state index in [1.165, 1.54) is 0 Å². The summed E-state index contributed by atoms with van der Waals surface area (Å²) in [5.74, 6) is 0.0202. The van der Waals surface area contributed by atoms with Gasteiger partial charge in [0.15, 0.2) is 0 Å². The number of nitrogens with two attached hydrogens (primary N) is 1. The summed E-state index contributed by atoms with van der Waals surface area (Å²) in [6, 6.07) is 15.3. The second kappa shape index (κ2) is 6.08. The van der Waals surface area contributed by atoms with Gasteiger partial charge in [0.1, 0.15) is 12.4 Å². The van der Waals surface area contributed by atoms with Gasteiger partial charge in [-0.15, -0.1) is 0 Å². The molecule has 0 atom stereocenters. The zero-order valence-electron chi connectivity index (χ0n) is 13.2. The maximum Gasteiger partial charge on any atom is 0.252 e. The molecule has 4 nitrogen and oxygen atoms in total. The normalized spacial score (nSPS) is 10.7. The van der Waals surface area contributed by atoms with E-state index in [0.29, 0.717) is 17.9 Å². The minimum absolute atomic E-state index is 0.355. The quantitative estimate of drug-likeness (QED) is 0.802. The molecule has 0 saturated heterocycles. The van der Waals surface area contributed by atoms with E-state index in [4.69, 9.17) is 10.5 Å². The molecule has 1 amide bonds. The lowest BCUT2D eigenvalue weighted by molar-refractivity contribution is 0.0996. The number of nitrogens with zero attached hydrogens (tertiary/aromatic N) is 1. The van der Waals surface area contributed by atoms with Gasteiger partial charge in [-0.25, -0.2) is 0 Å². The molecule has 0 unspecified atom stereocenters. The van der Waals surface area contributed by atoms with Crippen LogP contribution in [-0.2, 0) is 6.61 Å². The smallest absolute Gasteiger partial charge is 0.252 e. The number of carbonyl (C=O) groups is 1. The van der Waals surface area contributed by atoms with Gasteiger partial charge in [0, 0.05) is 16.6 Å². The molecular formula is C19H18N2O2. The first-order valence-electron chi connectivity index (χ1n) is 7.43. The fourth-order valence-electron chi connectivity index (χ4n) is 2.62. The van der Waals surface area contributed by atoms with Crippen molar-refractivity contribution in [1.29, 1.82) is 0 Å². The first-order chi connectivity index (χ1) is 11.0. The second-order valence-electron chi connectivity index (χ2n) is 5.59. The molecule has 23 heavy (non-hydrogen) atoms. The number of para-hydroxylation sites is 1. The largest absolute Gasteiger partial charge is 0.488 e. The molecule has 1 aromatic heterocycles. The SMILES string of the molecule is Cc1ccc(C(N)=O)c(OCc2cc(C)nc3ccccc23)c1. The van der Waals surface area contributed by atoms with Crippen LogP contribution in [0.1, 0.15) is 27.2 Å². The number of benzene rings is 2. The summed E-state index contributed by atoms with van der Waals surface area (Å²) in [6.07, 6.45) is 0.